The third kappa shape index (κ3) is 3.50. The van der Waals surface area contributed by atoms with Crippen molar-refractivity contribution in [1.82, 2.24) is 8.87 Å². The lowest BCUT2D eigenvalue weighted by molar-refractivity contribution is -0.121. The standard InChI is InChI=1S/C21H20FN3O5S2/c1-2-24-16-10-17-18(30-12-29-17)11-19(16)31-21(24)23-20(26)15-4-3-9-25(15)32(27,28)14-7-5-13(22)6-8-14/h5-8,10-11,15H,2-4,9,12H2,1H3. The second-order valence-electron chi connectivity index (χ2n) is 7.48. The minimum absolute atomic E-state index is 0.0430. The SMILES string of the molecule is CCn1c(=NC(=O)C2CCCN2S(=O)(=O)c2ccc(F)cc2)sc2cc3c(cc21)OCO3. The monoisotopic (exact) mass is 477 g/mol. The number of sulfonamides is 1. The predicted molar refractivity (Wildman–Crippen MR) is 115 cm³/mol. The molecule has 3 aromatic rings. The molecule has 1 saturated heterocycles. The van der Waals surface area contributed by atoms with E-state index in [2.05, 4.69) is 4.99 Å². The Bertz CT molecular complexity index is 1380. The topological polar surface area (TPSA) is 90.2 Å². The molecular weight excluding hydrogens is 457 g/mol. The Kier molecular flexibility index (Phi) is 5.26. The summed E-state index contributed by atoms with van der Waals surface area (Å²) in [6, 6.07) is 7.44. The van der Waals surface area contributed by atoms with Gasteiger partial charge in [0, 0.05) is 25.2 Å². The number of nitrogens with zero attached hydrogens (tertiary/aromatic N) is 3. The summed E-state index contributed by atoms with van der Waals surface area (Å²) >= 11 is 1.34. The highest BCUT2D eigenvalue weighted by Gasteiger charge is 2.39. The molecule has 11 heteroatoms. The van der Waals surface area contributed by atoms with Crippen molar-refractivity contribution < 1.29 is 27.1 Å². The number of hydrogen-bond acceptors (Lipinski definition) is 6. The molecule has 1 fully saturated rings. The molecule has 0 N–H and O–H groups in total. The van der Waals surface area contributed by atoms with Gasteiger partial charge >= 0.3 is 0 Å². The van der Waals surface area contributed by atoms with Crippen LogP contribution in [0.5, 0.6) is 11.5 Å². The van der Waals surface area contributed by atoms with Crippen molar-refractivity contribution in [2.75, 3.05) is 13.3 Å². The molecule has 0 spiro atoms. The maximum atomic E-state index is 13.2. The van der Waals surface area contributed by atoms with Crippen LogP contribution in [0.4, 0.5) is 4.39 Å². The average molecular weight is 478 g/mol. The van der Waals surface area contributed by atoms with Gasteiger partial charge in [-0.15, -0.1) is 0 Å². The highest BCUT2D eigenvalue weighted by Crippen LogP contribution is 2.37. The first kappa shape index (κ1) is 21.1. The maximum absolute atomic E-state index is 13.2. The molecule has 0 aliphatic carbocycles. The summed E-state index contributed by atoms with van der Waals surface area (Å²) in [6.07, 6.45) is 0.934. The van der Waals surface area contributed by atoms with Crippen LogP contribution in [-0.2, 0) is 21.4 Å². The molecule has 32 heavy (non-hydrogen) atoms. The van der Waals surface area contributed by atoms with Crippen molar-refractivity contribution in [3.8, 4) is 11.5 Å². The van der Waals surface area contributed by atoms with E-state index in [1.807, 2.05) is 23.6 Å². The van der Waals surface area contributed by atoms with Gasteiger partial charge in [-0.3, -0.25) is 4.79 Å². The fourth-order valence-corrected chi connectivity index (χ4v) is 6.80. The lowest BCUT2D eigenvalue weighted by Crippen LogP contribution is -2.40. The molecule has 2 aliphatic rings. The van der Waals surface area contributed by atoms with E-state index in [4.69, 9.17) is 9.47 Å². The second-order valence-corrected chi connectivity index (χ2v) is 10.4. The van der Waals surface area contributed by atoms with Crippen molar-refractivity contribution in [1.29, 1.82) is 0 Å². The maximum Gasteiger partial charge on any atom is 0.266 e. The molecule has 1 unspecified atom stereocenters. The van der Waals surface area contributed by atoms with Crippen LogP contribution in [0.3, 0.4) is 0 Å². The summed E-state index contributed by atoms with van der Waals surface area (Å²) in [5.41, 5.74) is 0.871. The molecule has 0 bridgehead atoms. The molecule has 8 nitrogen and oxygen atoms in total. The number of carbonyl (C=O) groups is 1. The Morgan fingerprint density at radius 1 is 1.22 bits per heavy atom. The number of aryl methyl sites for hydroxylation is 1. The van der Waals surface area contributed by atoms with Gasteiger partial charge in [-0.2, -0.15) is 9.30 Å². The number of carbonyl (C=O) groups excluding carboxylic acids is 1. The summed E-state index contributed by atoms with van der Waals surface area (Å²) < 4.78 is 54.2. The highest BCUT2D eigenvalue weighted by atomic mass is 32.2. The van der Waals surface area contributed by atoms with Crippen LogP contribution < -0.4 is 14.3 Å². The van der Waals surface area contributed by atoms with E-state index in [1.165, 1.54) is 27.8 Å². The number of hydrogen-bond donors (Lipinski definition) is 0. The van der Waals surface area contributed by atoms with E-state index in [0.29, 0.717) is 35.7 Å². The molecule has 2 aliphatic heterocycles. The minimum atomic E-state index is -3.94. The number of halogens is 1. The molecule has 5 rings (SSSR count). The molecule has 1 atom stereocenters. The second kappa shape index (κ2) is 7.98. The van der Waals surface area contributed by atoms with Crippen molar-refractivity contribution in [3.05, 3.63) is 47.0 Å². The molecule has 3 heterocycles. The molecule has 2 aromatic carbocycles. The number of amides is 1. The van der Waals surface area contributed by atoms with Gasteiger partial charge in [-0.25, -0.2) is 12.8 Å². The van der Waals surface area contributed by atoms with Crippen molar-refractivity contribution in [2.45, 2.75) is 37.2 Å². The lowest BCUT2D eigenvalue weighted by Gasteiger charge is -2.21. The van der Waals surface area contributed by atoms with E-state index in [0.717, 1.165) is 22.3 Å². The molecule has 1 amide bonds. The van der Waals surface area contributed by atoms with Gasteiger partial charge in [0.15, 0.2) is 16.3 Å². The van der Waals surface area contributed by atoms with Crippen LogP contribution in [0.25, 0.3) is 10.2 Å². The van der Waals surface area contributed by atoms with Crippen LogP contribution in [-0.4, -0.2) is 42.6 Å². The molecular formula is C21H20FN3O5S2. The van der Waals surface area contributed by atoms with E-state index >= 15 is 0 Å². The first-order valence-corrected chi connectivity index (χ1v) is 12.4. The number of benzene rings is 2. The van der Waals surface area contributed by atoms with E-state index in [1.54, 1.807) is 0 Å². The zero-order chi connectivity index (χ0) is 22.5. The predicted octanol–water partition coefficient (Wildman–Crippen LogP) is 2.87. The molecule has 0 saturated carbocycles. The van der Waals surface area contributed by atoms with Gasteiger partial charge in [-0.05, 0) is 44.0 Å². The number of fused-ring (bicyclic) bond motifs is 2. The average Bonchev–Trinajstić information content (AvgIpc) is 3.50. The van der Waals surface area contributed by atoms with Gasteiger partial charge in [-0.1, -0.05) is 11.3 Å². The Morgan fingerprint density at radius 3 is 2.66 bits per heavy atom. The van der Waals surface area contributed by atoms with Gasteiger partial charge in [0.1, 0.15) is 11.9 Å². The number of thiazole rings is 1. The van der Waals surface area contributed by atoms with Crippen molar-refractivity contribution >= 4 is 37.5 Å². The Hall–Kier alpha value is -2.76. The Labute approximate surface area is 187 Å². The van der Waals surface area contributed by atoms with Gasteiger partial charge in [0.05, 0.1) is 15.1 Å². The molecule has 1 aromatic heterocycles. The quantitative estimate of drug-likeness (QED) is 0.577. The van der Waals surface area contributed by atoms with Gasteiger partial charge in [0.25, 0.3) is 5.91 Å². The van der Waals surface area contributed by atoms with Crippen LogP contribution >= 0.6 is 11.3 Å². The Morgan fingerprint density at radius 2 is 1.94 bits per heavy atom. The summed E-state index contributed by atoms with van der Waals surface area (Å²) in [6.45, 7) is 2.91. The first-order chi connectivity index (χ1) is 15.4. The van der Waals surface area contributed by atoms with Gasteiger partial charge in [0.2, 0.25) is 16.8 Å². The summed E-state index contributed by atoms with van der Waals surface area (Å²) in [7, 11) is -3.94. The van der Waals surface area contributed by atoms with E-state index in [-0.39, 0.29) is 18.2 Å². The van der Waals surface area contributed by atoms with E-state index in [9.17, 15) is 17.6 Å². The lowest BCUT2D eigenvalue weighted by atomic mass is 10.2. The molecule has 168 valence electrons. The minimum Gasteiger partial charge on any atom is -0.454 e. The van der Waals surface area contributed by atoms with Crippen molar-refractivity contribution in [2.24, 2.45) is 4.99 Å². The molecule has 0 radical (unpaired) electrons. The normalized spacial score (nSPS) is 19.2. The van der Waals surface area contributed by atoms with Crippen LogP contribution in [0.15, 0.2) is 46.3 Å². The van der Waals surface area contributed by atoms with Crippen LogP contribution in [0, 0.1) is 5.82 Å². The third-order valence-electron chi connectivity index (χ3n) is 5.61. The summed E-state index contributed by atoms with van der Waals surface area (Å²) in [5.74, 6) is 0.251. The fraction of sp³-hybridized carbons (Fsp3) is 0.333. The Balaban J connectivity index is 1.51. The summed E-state index contributed by atoms with van der Waals surface area (Å²) in [4.78, 5) is 17.9. The zero-order valence-corrected chi connectivity index (χ0v) is 18.8. The van der Waals surface area contributed by atoms with Gasteiger partial charge < -0.3 is 14.0 Å². The zero-order valence-electron chi connectivity index (χ0n) is 17.2. The largest absolute Gasteiger partial charge is 0.454 e. The van der Waals surface area contributed by atoms with E-state index < -0.39 is 27.8 Å². The third-order valence-corrected chi connectivity index (χ3v) is 8.57. The number of ether oxygens (including phenoxy) is 2. The number of rotatable bonds is 4. The highest BCUT2D eigenvalue weighted by molar-refractivity contribution is 7.89. The van der Waals surface area contributed by atoms with Crippen LogP contribution in [0.1, 0.15) is 19.8 Å². The van der Waals surface area contributed by atoms with Crippen molar-refractivity contribution in [3.63, 3.8) is 0 Å². The first-order valence-electron chi connectivity index (χ1n) is 10.2. The fourth-order valence-electron chi connectivity index (χ4n) is 4.04. The number of aromatic nitrogens is 1. The van der Waals surface area contributed by atoms with Crippen LogP contribution in [0.2, 0.25) is 0 Å². The smallest absolute Gasteiger partial charge is 0.266 e. The summed E-state index contributed by atoms with van der Waals surface area (Å²) in [5, 5.41) is 0.